The van der Waals surface area contributed by atoms with Crippen molar-refractivity contribution in [2.24, 2.45) is 11.8 Å². The third-order valence-corrected chi connectivity index (χ3v) is 6.91. The zero-order chi connectivity index (χ0) is 22.2. The van der Waals surface area contributed by atoms with Crippen LogP contribution < -0.4 is 5.32 Å². The fourth-order valence-corrected chi connectivity index (χ4v) is 5.14. The lowest BCUT2D eigenvalue weighted by molar-refractivity contribution is -0.148. The molecule has 5 rings (SSSR count). The van der Waals surface area contributed by atoms with Gasteiger partial charge >= 0.3 is 12.1 Å². The van der Waals surface area contributed by atoms with Crippen molar-refractivity contribution < 1.29 is 24.2 Å². The van der Waals surface area contributed by atoms with Gasteiger partial charge in [0.05, 0.1) is 0 Å². The van der Waals surface area contributed by atoms with Gasteiger partial charge in [0.15, 0.2) is 0 Å². The summed E-state index contributed by atoms with van der Waals surface area (Å²) in [4.78, 5) is 37.8. The molecule has 32 heavy (non-hydrogen) atoms. The first-order valence-corrected chi connectivity index (χ1v) is 11.2. The van der Waals surface area contributed by atoms with E-state index in [1.165, 1.54) is 16.0 Å². The predicted molar refractivity (Wildman–Crippen MR) is 117 cm³/mol. The van der Waals surface area contributed by atoms with Crippen LogP contribution in [0.4, 0.5) is 4.79 Å². The van der Waals surface area contributed by atoms with E-state index < -0.39 is 18.1 Å². The van der Waals surface area contributed by atoms with E-state index in [0.29, 0.717) is 25.9 Å². The first-order valence-electron chi connectivity index (χ1n) is 11.2. The Kier molecular flexibility index (Phi) is 5.33. The third kappa shape index (κ3) is 3.72. The number of nitrogens with zero attached hydrogens (tertiary/aromatic N) is 1. The molecular formula is C25H26N2O5. The van der Waals surface area contributed by atoms with Crippen LogP contribution in [0.25, 0.3) is 11.1 Å². The Morgan fingerprint density at radius 1 is 1.03 bits per heavy atom. The summed E-state index contributed by atoms with van der Waals surface area (Å²) in [6.07, 6.45) is 1.41. The van der Waals surface area contributed by atoms with Crippen molar-refractivity contribution in [3.8, 4) is 11.1 Å². The maximum Gasteiger partial charge on any atom is 0.407 e. The SMILES string of the molecule is O=C(NCC1CC1C(=O)N1CCC[C@@H]1C(=O)O)OCC1c2ccccc2-c2ccccc21. The van der Waals surface area contributed by atoms with Crippen LogP contribution in [0.5, 0.6) is 0 Å². The quantitative estimate of drug-likeness (QED) is 0.728. The van der Waals surface area contributed by atoms with Crippen LogP contribution in [-0.2, 0) is 14.3 Å². The molecule has 1 heterocycles. The number of carboxylic acids is 1. The van der Waals surface area contributed by atoms with Gasteiger partial charge in [-0.2, -0.15) is 0 Å². The van der Waals surface area contributed by atoms with Crippen molar-refractivity contribution in [1.29, 1.82) is 0 Å². The summed E-state index contributed by atoms with van der Waals surface area (Å²) in [5.74, 6) is -1.20. The number of amides is 2. The Hall–Kier alpha value is -3.35. The molecule has 2 aromatic carbocycles. The number of hydrogen-bond donors (Lipinski definition) is 2. The molecule has 0 spiro atoms. The van der Waals surface area contributed by atoms with Gasteiger partial charge < -0.3 is 20.1 Å². The van der Waals surface area contributed by atoms with Crippen LogP contribution in [-0.4, -0.2) is 53.7 Å². The summed E-state index contributed by atoms with van der Waals surface area (Å²) in [6.45, 7) is 1.11. The van der Waals surface area contributed by atoms with E-state index in [1.54, 1.807) is 0 Å². The molecule has 166 valence electrons. The average molecular weight is 434 g/mol. The summed E-state index contributed by atoms with van der Waals surface area (Å²) in [7, 11) is 0. The van der Waals surface area contributed by atoms with Crippen LogP contribution in [0.15, 0.2) is 48.5 Å². The fourth-order valence-electron chi connectivity index (χ4n) is 5.14. The van der Waals surface area contributed by atoms with Crippen molar-refractivity contribution in [3.63, 3.8) is 0 Å². The lowest BCUT2D eigenvalue weighted by Gasteiger charge is -2.21. The number of alkyl carbamates (subject to hydrolysis) is 1. The average Bonchev–Trinajstić information content (AvgIpc) is 3.27. The second-order valence-corrected chi connectivity index (χ2v) is 8.84. The zero-order valence-corrected chi connectivity index (χ0v) is 17.7. The van der Waals surface area contributed by atoms with Crippen molar-refractivity contribution in [2.75, 3.05) is 19.7 Å². The Labute approximate surface area is 186 Å². The molecule has 0 aromatic heterocycles. The smallest absolute Gasteiger partial charge is 0.407 e. The van der Waals surface area contributed by atoms with Crippen molar-refractivity contribution in [3.05, 3.63) is 59.7 Å². The fraction of sp³-hybridized carbons (Fsp3) is 0.400. The van der Waals surface area contributed by atoms with Gasteiger partial charge in [0.2, 0.25) is 5.91 Å². The number of ether oxygens (including phenoxy) is 1. The topological polar surface area (TPSA) is 95.9 Å². The zero-order valence-electron chi connectivity index (χ0n) is 17.7. The Morgan fingerprint density at radius 3 is 2.34 bits per heavy atom. The van der Waals surface area contributed by atoms with Gasteiger partial charge in [-0.1, -0.05) is 48.5 Å². The van der Waals surface area contributed by atoms with E-state index >= 15 is 0 Å². The first kappa shape index (κ1) is 20.5. The predicted octanol–water partition coefficient (Wildman–Crippen LogP) is 3.24. The monoisotopic (exact) mass is 434 g/mol. The highest BCUT2D eigenvalue weighted by Crippen LogP contribution is 2.44. The third-order valence-electron chi connectivity index (χ3n) is 6.91. The summed E-state index contributed by atoms with van der Waals surface area (Å²) in [5.41, 5.74) is 4.68. The summed E-state index contributed by atoms with van der Waals surface area (Å²) >= 11 is 0. The second-order valence-electron chi connectivity index (χ2n) is 8.84. The van der Waals surface area contributed by atoms with Gasteiger partial charge in [0.1, 0.15) is 12.6 Å². The molecule has 2 aromatic rings. The first-order chi connectivity index (χ1) is 15.5. The maximum atomic E-state index is 12.6. The van der Waals surface area contributed by atoms with E-state index in [4.69, 9.17) is 4.74 Å². The number of hydrogen-bond acceptors (Lipinski definition) is 4. The molecular weight excluding hydrogens is 408 g/mol. The van der Waals surface area contributed by atoms with Gasteiger partial charge in [-0.25, -0.2) is 9.59 Å². The Morgan fingerprint density at radius 2 is 1.69 bits per heavy atom. The molecule has 1 saturated heterocycles. The molecule has 1 saturated carbocycles. The van der Waals surface area contributed by atoms with Crippen LogP contribution in [0.2, 0.25) is 0 Å². The molecule has 2 N–H and O–H groups in total. The minimum absolute atomic E-state index is 0.00604. The largest absolute Gasteiger partial charge is 0.480 e. The van der Waals surface area contributed by atoms with Crippen LogP contribution >= 0.6 is 0 Å². The lowest BCUT2D eigenvalue weighted by Crippen LogP contribution is -2.41. The molecule has 1 aliphatic heterocycles. The molecule has 0 radical (unpaired) electrons. The number of nitrogens with one attached hydrogen (secondary N) is 1. The van der Waals surface area contributed by atoms with Crippen LogP contribution in [0, 0.1) is 11.8 Å². The minimum atomic E-state index is -0.940. The van der Waals surface area contributed by atoms with Crippen LogP contribution in [0.1, 0.15) is 36.3 Å². The molecule has 7 nitrogen and oxygen atoms in total. The highest BCUT2D eigenvalue weighted by atomic mass is 16.5. The van der Waals surface area contributed by atoms with Crippen LogP contribution in [0.3, 0.4) is 0 Å². The van der Waals surface area contributed by atoms with E-state index in [-0.39, 0.29) is 30.3 Å². The normalized spacial score (nSPS) is 23.4. The highest BCUT2D eigenvalue weighted by Gasteiger charge is 2.48. The van der Waals surface area contributed by atoms with E-state index in [1.807, 2.05) is 24.3 Å². The van der Waals surface area contributed by atoms with E-state index in [9.17, 15) is 19.5 Å². The molecule has 2 amide bonds. The summed E-state index contributed by atoms with van der Waals surface area (Å²) in [6, 6.07) is 15.6. The van der Waals surface area contributed by atoms with Gasteiger partial charge in [-0.3, -0.25) is 4.79 Å². The van der Waals surface area contributed by atoms with E-state index in [2.05, 4.69) is 29.6 Å². The number of carbonyl (C=O) groups excluding carboxylic acids is 2. The number of likely N-dealkylation sites (tertiary alicyclic amines) is 1. The molecule has 2 aliphatic carbocycles. The number of carbonyl (C=O) groups is 3. The van der Waals surface area contributed by atoms with Gasteiger partial charge in [-0.15, -0.1) is 0 Å². The Bertz CT molecular complexity index is 1020. The van der Waals surface area contributed by atoms with Gasteiger partial charge in [0, 0.05) is 24.9 Å². The molecule has 3 aliphatic rings. The highest BCUT2D eigenvalue weighted by molar-refractivity contribution is 5.87. The number of fused-ring (bicyclic) bond motifs is 3. The standard InChI is InChI=1S/C25H26N2O5/c28-23(27-11-5-10-22(27)24(29)30)20-12-15(20)13-26-25(31)32-14-21-18-8-3-1-6-16(18)17-7-2-4-9-19(17)21/h1-4,6-9,15,20-22H,5,10-14H2,(H,26,31)(H,29,30)/t15?,20?,22-/m1/s1. The van der Waals surface area contributed by atoms with Gasteiger partial charge in [-0.05, 0) is 47.4 Å². The summed E-state index contributed by atoms with van der Waals surface area (Å²) in [5, 5.41) is 12.1. The van der Waals surface area contributed by atoms with Crippen molar-refractivity contribution in [1.82, 2.24) is 10.2 Å². The number of benzene rings is 2. The number of carboxylic acid groups (broad SMARTS) is 1. The minimum Gasteiger partial charge on any atom is -0.480 e. The maximum absolute atomic E-state index is 12.6. The number of rotatable bonds is 6. The lowest BCUT2D eigenvalue weighted by atomic mass is 9.98. The molecule has 2 unspecified atom stereocenters. The molecule has 7 heteroatoms. The van der Waals surface area contributed by atoms with Gasteiger partial charge in [0.25, 0.3) is 0 Å². The Balaban J connectivity index is 1.12. The molecule has 3 atom stereocenters. The van der Waals surface area contributed by atoms with E-state index in [0.717, 1.165) is 17.5 Å². The summed E-state index contributed by atoms with van der Waals surface area (Å²) < 4.78 is 5.54. The van der Waals surface area contributed by atoms with Crippen molar-refractivity contribution in [2.45, 2.75) is 31.2 Å². The number of aliphatic carboxylic acids is 1. The molecule has 0 bridgehead atoms. The van der Waals surface area contributed by atoms with Crippen molar-refractivity contribution >= 4 is 18.0 Å². The second kappa shape index (κ2) is 8.30. The molecule has 2 fully saturated rings.